The summed E-state index contributed by atoms with van der Waals surface area (Å²) in [6.45, 7) is 4.86. The fourth-order valence-electron chi connectivity index (χ4n) is 2.05. The maximum absolute atomic E-state index is 11.8. The van der Waals surface area contributed by atoms with Gasteiger partial charge in [-0.05, 0) is 25.7 Å². The Bertz CT molecular complexity index is 393. The third-order valence-electron chi connectivity index (χ3n) is 3.04. The normalized spacial score (nSPS) is 23.9. The lowest BCUT2D eigenvalue weighted by Gasteiger charge is -2.32. The molecule has 1 aromatic rings. The van der Waals surface area contributed by atoms with Crippen LogP contribution in [0.2, 0.25) is 0 Å². The SMILES string of the molecule is CCn1cc(N)c(C(=O)NC2CC(C)C2)n1. The van der Waals surface area contributed by atoms with E-state index in [1.54, 1.807) is 10.9 Å². The van der Waals surface area contributed by atoms with Gasteiger partial charge in [-0.3, -0.25) is 9.48 Å². The summed E-state index contributed by atoms with van der Waals surface area (Å²) in [6, 6.07) is 0.300. The number of nitrogens with one attached hydrogen (secondary N) is 1. The smallest absolute Gasteiger partial charge is 0.274 e. The third-order valence-corrected chi connectivity index (χ3v) is 3.04. The Morgan fingerprint density at radius 1 is 1.69 bits per heavy atom. The van der Waals surface area contributed by atoms with Crippen LogP contribution in [0.25, 0.3) is 0 Å². The van der Waals surface area contributed by atoms with Crippen LogP contribution >= 0.6 is 0 Å². The number of amides is 1. The minimum atomic E-state index is -0.151. The van der Waals surface area contributed by atoms with E-state index in [2.05, 4.69) is 17.3 Å². The van der Waals surface area contributed by atoms with Crippen molar-refractivity contribution in [3.05, 3.63) is 11.9 Å². The Kier molecular flexibility index (Phi) is 2.85. The van der Waals surface area contributed by atoms with Gasteiger partial charge in [0, 0.05) is 18.8 Å². The molecular weight excluding hydrogens is 204 g/mol. The van der Waals surface area contributed by atoms with E-state index >= 15 is 0 Å². The van der Waals surface area contributed by atoms with Gasteiger partial charge >= 0.3 is 0 Å². The minimum absolute atomic E-state index is 0.151. The monoisotopic (exact) mass is 222 g/mol. The highest BCUT2D eigenvalue weighted by Crippen LogP contribution is 2.26. The predicted molar refractivity (Wildman–Crippen MR) is 62.0 cm³/mol. The van der Waals surface area contributed by atoms with Crippen LogP contribution in [-0.2, 0) is 6.54 Å². The molecule has 88 valence electrons. The van der Waals surface area contributed by atoms with Crippen LogP contribution in [0.15, 0.2) is 6.20 Å². The molecule has 1 heterocycles. The van der Waals surface area contributed by atoms with Gasteiger partial charge in [0.15, 0.2) is 5.69 Å². The predicted octanol–water partition coefficient (Wildman–Crippen LogP) is 1.01. The van der Waals surface area contributed by atoms with Gasteiger partial charge in [0.2, 0.25) is 0 Å². The number of nitrogen functional groups attached to an aromatic ring is 1. The van der Waals surface area contributed by atoms with Crippen molar-refractivity contribution in [2.24, 2.45) is 5.92 Å². The quantitative estimate of drug-likeness (QED) is 0.801. The number of aromatic nitrogens is 2. The minimum Gasteiger partial charge on any atom is -0.396 e. The molecule has 0 unspecified atom stereocenters. The van der Waals surface area contributed by atoms with Crippen molar-refractivity contribution >= 4 is 11.6 Å². The Balaban J connectivity index is 2.00. The zero-order valence-corrected chi connectivity index (χ0v) is 9.73. The highest BCUT2D eigenvalue weighted by Gasteiger charge is 2.28. The van der Waals surface area contributed by atoms with Gasteiger partial charge < -0.3 is 11.1 Å². The average Bonchev–Trinajstić information content (AvgIpc) is 2.57. The number of hydrogen-bond acceptors (Lipinski definition) is 3. The second-order valence-electron chi connectivity index (χ2n) is 4.54. The van der Waals surface area contributed by atoms with Gasteiger partial charge in [-0.1, -0.05) is 6.92 Å². The van der Waals surface area contributed by atoms with E-state index in [9.17, 15) is 4.79 Å². The van der Waals surface area contributed by atoms with Gasteiger partial charge in [0.05, 0.1) is 5.69 Å². The molecule has 1 aliphatic rings. The lowest BCUT2D eigenvalue weighted by Crippen LogP contribution is -2.43. The largest absolute Gasteiger partial charge is 0.396 e. The first kappa shape index (κ1) is 11.0. The van der Waals surface area contributed by atoms with Crippen LogP contribution < -0.4 is 11.1 Å². The molecule has 0 aliphatic heterocycles. The summed E-state index contributed by atoms with van der Waals surface area (Å²) in [4.78, 5) is 11.8. The second kappa shape index (κ2) is 4.15. The summed E-state index contributed by atoms with van der Waals surface area (Å²) in [5, 5.41) is 7.08. The Labute approximate surface area is 95.0 Å². The molecule has 0 radical (unpaired) electrons. The fourth-order valence-corrected chi connectivity index (χ4v) is 2.05. The zero-order valence-electron chi connectivity index (χ0n) is 9.73. The standard InChI is InChI=1S/C11H18N4O/c1-3-15-6-9(12)10(14-15)11(16)13-8-4-7(2)5-8/h6-8H,3-5,12H2,1-2H3,(H,13,16). The topological polar surface area (TPSA) is 72.9 Å². The van der Waals surface area contributed by atoms with Crippen LogP contribution in [0.3, 0.4) is 0 Å². The summed E-state index contributed by atoms with van der Waals surface area (Å²) in [5.74, 6) is 0.567. The number of rotatable bonds is 3. The number of hydrogen-bond donors (Lipinski definition) is 2. The number of nitrogens with zero attached hydrogens (tertiary/aromatic N) is 2. The van der Waals surface area contributed by atoms with Gasteiger partial charge in [-0.25, -0.2) is 0 Å². The molecule has 5 nitrogen and oxygen atoms in total. The van der Waals surface area contributed by atoms with Crippen LogP contribution in [0.4, 0.5) is 5.69 Å². The van der Waals surface area contributed by atoms with Crippen molar-refractivity contribution in [3.8, 4) is 0 Å². The van der Waals surface area contributed by atoms with Crippen LogP contribution in [-0.4, -0.2) is 21.7 Å². The van der Waals surface area contributed by atoms with E-state index in [0.29, 0.717) is 17.4 Å². The van der Waals surface area contributed by atoms with Crippen molar-refractivity contribution in [2.75, 3.05) is 5.73 Å². The van der Waals surface area contributed by atoms with E-state index in [4.69, 9.17) is 5.73 Å². The van der Waals surface area contributed by atoms with Crippen molar-refractivity contribution in [2.45, 2.75) is 39.3 Å². The zero-order chi connectivity index (χ0) is 11.7. The molecule has 0 saturated heterocycles. The van der Waals surface area contributed by atoms with Crippen LogP contribution in [0.5, 0.6) is 0 Å². The van der Waals surface area contributed by atoms with E-state index in [1.807, 2.05) is 6.92 Å². The summed E-state index contributed by atoms with van der Waals surface area (Å²) in [6.07, 6.45) is 3.80. The van der Waals surface area contributed by atoms with E-state index in [0.717, 1.165) is 25.3 Å². The van der Waals surface area contributed by atoms with Crippen molar-refractivity contribution in [1.82, 2.24) is 15.1 Å². The molecule has 1 fully saturated rings. The molecule has 0 aromatic carbocycles. The Morgan fingerprint density at radius 3 is 2.88 bits per heavy atom. The third kappa shape index (κ3) is 2.03. The molecule has 16 heavy (non-hydrogen) atoms. The van der Waals surface area contributed by atoms with Gasteiger partial charge in [0.25, 0.3) is 5.91 Å². The number of anilines is 1. The molecule has 1 aromatic heterocycles. The van der Waals surface area contributed by atoms with Crippen molar-refractivity contribution < 1.29 is 4.79 Å². The fraction of sp³-hybridized carbons (Fsp3) is 0.636. The summed E-state index contributed by atoms with van der Waals surface area (Å²) >= 11 is 0. The average molecular weight is 222 g/mol. The number of carbonyl (C=O) groups excluding carboxylic acids is 1. The first-order valence-corrected chi connectivity index (χ1v) is 5.74. The molecule has 1 saturated carbocycles. The van der Waals surface area contributed by atoms with Crippen molar-refractivity contribution in [1.29, 1.82) is 0 Å². The molecule has 2 rings (SSSR count). The summed E-state index contributed by atoms with van der Waals surface area (Å²) < 4.78 is 1.67. The van der Waals surface area contributed by atoms with Gasteiger partial charge in [-0.2, -0.15) is 5.10 Å². The molecule has 1 aliphatic carbocycles. The van der Waals surface area contributed by atoms with Crippen LogP contribution in [0.1, 0.15) is 37.2 Å². The van der Waals surface area contributed by atoms with Gasteiger partial charge in [0.1, 0.15) is 0 Å². The first-order valence-electron chi connectivity index (χ1n) is 5.74. The Hall–Kier alpha value is -1.52. The molecular formula is C11H18N4O. The number of aryl methyl sites for hydroxylation is 1. The molecule has 0 bridgehead atoms. The maximum Gasteiger partial charge on any atom is 0.274 e. The number of nitrogens with two attached hydrogens (primary N) is 1. The van der Waals surface area contributed by atoms with Crippen LogP contribution in [0, 0.1) is 5.92 Å². The Morgan fingerprint density at radius 2 is 2.38 bits per heavy atom. The highest BCUT2D eigenvalue weighted by atomic mass is 16.2. The number of carbonyl (C=O) groups is 1. The second-order valence-corrected chi connectivity index (χ2v) is 4.54. The lowest BCUT2D eigenvalue weighted by atomic mass is 9.82. The van der Waals surface area contributed by atoms with E-state index in [1.165, 1.54) is 0 Å². The molecule has 3 N–H and O–H groups in total. The summed E-state index contributed by atoms with van der Waals surface area (Å²) in [5.41, 5.74) is 6.54. The highest BCUT2D eigenvalue weighted by molar-refractivity contribution is 5.97. The van der Waals surface area contributed by atoms with Crippen molar-refractivity contribution in [3.63, 3.8) is 0 Å². The lowest BCUT2D eigenvalue weighted by molar-refractivity contribution is 0.0891. The molecule has 0 atom stereocenters. The van der Waals surface area contributed by atoms with E-state index in [-0.39, 0.29) is 5.91 Å². The molecule has 0 spiro atoms. The maximum atomic E-state index is 11.8. The first-order chi connectivity index (χ1) is 7.60. The molecule has 1 amide bonds. The van der Waals surface area contributed by atoms with Gasteiger partial charge in [-0.15, -0.1) is 0 Å². The summed E-state index contributed by atoms with van der Waals surface area (Å²) in [7, 11) is 0. The molecule has 5 heteroatoms. The van der Waals surface area contributed by atoms with E-state index < -0.39 is 0 Å².